The molecular formula is C12H12NO3. The summed E-state index contributed by atoms with van der Waals surface area (Å²) in [5.74, 6) is 1.13. The highest BCUT2D eigenvalue weighted by atomic mass is 16.5. The van der Waals surface area contributed by atoms with Crippen LogP contribution in [0.4, 0.5) is 0 Å². The Morgan fingerprint density at radius 2 is 1.81 bits per heavy atom. The van der Waals surface area contributed by atoms with Crippen LogP contribution in [0.25, 0.3) is 10.8 Å². The Morgan fingerprint density at radius 1 is 1.19 bits per heavy atom. The van der Waals surface area contributed by atoms with Crippen LogP contribution >= 0.6 is 0 Å². The van der Waals surface area contributed by atoms with E-state index in [-0.39, 0.29) is 5.88 Å². The van der Waals surface area contributed by atoms with Gasteiger partial charge in [-0.05, 0) is 19.1 Å². The summed E-state index contributed by atoms with van der Waals surface area (Å²) in [5.41, 5.74) is 0.729. The standard InChI is InChI=1S/C12H12NO3/c1-7-9-6-11(16-3)10(15-2)4-8(9)5-12(14)13-7/h4,6H,1-3H3,(H,13,14). The van der Waals surface area contributed by atoms with Crippen LogP contribution in [-0.4, -0.2) is 24.3 Å². The SMILES string of the molecule is COc1cc2[c]c(O)nc(C)c2cc1OC. The van der Waals surface area contributed by atoms with Crippen LogP contribution in [-0.2, 0) is 0 Å². The maximum atomic E-state index is 9.36. The highest BCUT2D eigenvalue weighted by molar-refractivity contribution is 5.88. The smallest absolute Gasteiger partial charge is 0.219 e. The molecule has 0 spiro atoms. The van der Waals surface area contributed by atoms with Crippen LogP contribution in [0.1, 0.15) is 5.69 Å². The third-order valence-electron chi connectivity index (χ3n) is 2.43. The second-order valence-electron chi connectivity index (χ2n) is 3.40. The van der Waals surface area contributed by atoms with Crippen molar-refractivity contribution in [3.63, 3.8) is 0 Å². The van der Waals surface area contributed by atoms with Crippen LogP contribution in [0.3, 0.4) is 0 Å². The van der Waals surface area contributed by atoms with Crippen molar-refractivity contribution in [2.24, 2.45) is 0 Å². The molecular weight excluding hydrogens is 206 g/mol. The van der Waals surface area contributed by atoms with E-state index < -0.39 is 0 Å². The van der Waals surface area contributed by atoms with Crippen molar-refractivity contribution in [3.8, 4) is 17.4 Å². The van der Waals surface area contributed by atoms with E-state index in [9.17, 15) is 5.11 Å². The Balaban J connectivity index is 2.78. The first kappa shape index (κ1) is 10.5. The Hall–Kier alpha value is -1.97. The molecule has 0 aliphatic heterocycles. The zero-order valence-corrected chi connectivity index (χ0v) is 9.37. The normalized spacial score (nSPS) is 10.4. The van der Waals surface area contributed by atoms with Gasteiger partial charge in [-0.15, -0.1) is 0 Å². The molecule has 0 amide bonds. The molecule has 0 atom stereocenters. The minimum Gasteiger partial charge on any atom is -0.493 e. The summed E-state index contributed by atoms with van der Waals surface area (Å²) in [4.78, 5) is 3.94. The summed E-state index contributed by atoms with van der Waals surface area (Å²) in [7, 11) is 3.15. The van der Waals surface area contributed by atoms with Gasteiger partial charge >= 0.3 is 0 Å². The van der Waals surface area contributed by atoms with Gasteiger partial charge in [0.25, 0.3) is 0 Å². The van der Waals surface area contributed by atoms with Gasteiger partial charge in [0.2, 0.25) is 5.88 Å². The van der Waals surface area contributed by atoms with E-state index in [0.29, 0.717) is 11.5 Å². The first-order valence-corrected chi connectivity index (χ1v) is 4.80. The maximum absolute atomic E-state index is 9.36. The van der Waals surface area contributed by atoms with Gasteiger partial charge in [0.05, 0.1) is 20.3 Å². The van der Waals surface area contributed by atoms with E-state index in [0.717, 1.165) is 16.5 Å². The Kier molecular flexibility index (Phi) is 2.56. The van der Waals surface area contributed by atoms with Crippen LogP contribution in [0.5, 0.6) is 17.4 Å². The highest BCUT2D eigenvalue weighted by Crippen LogP contribution is 2.33. The Bertz CT molecular complexity index is 537. The van der Waals surface area contributed by atoms with E-state index in [1.54, 1.807) is 20.3 Å². The number of aromatic hydroxyl groups is 1. The molecule has 0 fully saturated rings. The van der Waals surface area contributed by atoms with Crippen molar-refractivity contribution in [1.29, 1.82) is 0 Å². The van der Waals surface area contributed by atoms with Gasteiger partial charge in [0.15, 0.2) is 11.5 Å². The summed E-state index contributed by atoms with van der Waals surface area (Å²) in [6.45, 7) is 1.82. The van der Waals surface area contributed by atoms with E-state index in [1.165, 1.54) is 0 Å². The number of methoxy groups -OCH3 is 2. The van der Waals surface area contributed by atoms with Crippen molar-refractivity contribution in [3.05, 3.63) is 23.9 Å². The van der Waals surface area contributed by atoms with Gasteiger partial charge in [-0.3, -0.25) is 0 Å². The maximum Gasteiger partial charge on any atom is 0.219 e. The molecule has 0 aliphatic rings. The number of rotatable bonds is 2. The van der Waals surface area contributed by atoms with Crippen molar-refractivity contribution >= 4 is 10.8 Å². The van der Waals surface area contributed by atoms with Gasteiger partial charge in [-0.1, -0.05) is 0 Å². The second-order valence-corrected chi connectivity index (χ2v) is 3.40. The molecule has 1 N–H and O–H groups in total. The molecule has 1 heterocycles. The third-order valence-corrected chi connectivity index (χ3v) is 2.43. The van der Waals surface area contributed by atoms with Gasteiger partial charge in [0.1, 0.15) is 0 Å². The molecule has 1 aromatic heterocycles. The van der Waals surface area contributed by atoms with Crippen LogP contribution in [0, 0.1) is 13.0 Å². The fourth-order valence-electron chi connectivity index (χ4n) is 1.65. The van der Waals surface area contributed by atoms with Crippen molar-refractivity contribution in [2.75, 3.05) is 14.2 Å². The summed E-state index contributed by atoms with van der Waals surface area (Å²) in [5, 5.41) is 11.0. The first-order chi connectivity index (χ1) is 7.65. The molecule has 0 saturated carbocycles. The minimum absolute atomic E-state index is 0.114. The van der Waals surface area contributed by atoms with Crippen molar-refractivity contribution < 1.29 is 14.6 Å². The molecule has 1 radical (unpaired) electrons. The number of fused-ring (bicyclic) bond motifs is 1. The van der Waals surface area contributed by atoms with Gasteiger partial charge in [-0.2, -0.15) is 0 Å². The predicted molar refractivity (Wildman–Crippen MR) is 60.1 cm³/mol. The van der Waals surface area contributed by atoms with E-state index >= 15 is 0 Å². The van der Waals surface area contributed by atoms with Crippen molar-refractivity contribution in [2.45, 2.75) is 6.92 Å². The molecule has 0 bridgehead atoms. The van der Waals surface area contributed by atoms with Crippen molar-refractivity contribution in [1.82, 2.24) is 4.98 Å². The zero-order valence-electron chi connectivity index (χ0n) is 9.37. The molecule has 1 aromatic carbocycles. The quantitative estimate of drug-likeness (QED) is 0.838. The summed E-state index contributed by atoms with van der Waals surface area (Å²) in [6, 6.07) is 6.36. The summed E-state index contributed by atoms with van der Waals surface area (Å²) < 4.78 is 10.4. The summed E-state index contributed by atoms with van der Waals surface area (Å²) >= 11 is 0. The molecule has 2 rings (SSSR count). The first-order valence-electron chi connectivity index (χ1n) is 4.80. The zero-order chi connectivity index (χ0) is 11.7. The lowest BCUT2D eigenvalue weighted by Crippen LogP contribution is -1.92. The minimum atomic E-state index is -0.114. The Morgan fingerprint density at radius 3 is 2.44 bits per heavy atom. The fraction of sp³-hybridized carbons (Fsp3) is 0.250. The number of aryl methyl sites for hydroxylation is 1. The number of benzene rings is 1. The number of pyridine rings is 1. The number of nitrogens with zero attached hydrogens (tertiary/aromatic N) is 1. The topological polar surface area (TPSA) is 51.6 Å². The average Bonchev–Trinajstić information content (AvgIpc) is 2.27. The Labute approximate surface area is 93.4 Å². The molecule has 0 unspecified atom stereocenters. The highest BCUT2D eigenvalue weighted by Gasteiger charge is 2.09. The lowest BCUT2D eigenvalue weighted by atomic mass is 10.1. The number of hydrogen-bond donors (Lipinski definition) is 1. The molecule has 4 heteroatoms. The van der Waals surface area contributed by atoms with Gasteiger partial charge in [-0.25, -0.2) is 4.98 Å². The molecule has 16 heavy (non-hydrogen) atoms. The molecule has 4 nitrogen and oxygen atoms in total. The van der Waals surface area contributed by atoms with E-state index in [4.69, 9.17) is 9.47 Å². The molecule has 0 saturated heterocycles. The van der Waals surface area contributed by atoms with Crippen LogP contribution in [0.15, 0.2) is 12.1 Å². The predicted octanol–water partition coefficient (Wildman–Crippen LogP) is 2.07. The number of ether oxygens (including phenoxy) is 2. The van der Waals surface area contributed by atoms with Crippen LogP contribution < -0.4 is 9.47 Å². The number of aromatic nitrogens is 1. The molecule has 0 aliphatic carbocycles. The van der Waals surface area contributed by atoms with E-state index in [2.05, 4.69) is 11.1 Å². The lowest BCUT2D eigenvalue weighted by Gasteiger charge is -2.10. The van der Waals surface area contributed by atoms with Gasteiger partial charge < -0.3 is 14.6 Å². The third kappa shape index (κ3) is 1.62. The molecule has 83 valence electrons. The van der Waals surface area contributed by atoms with E-state index in [1.807, 2.05) is 13.0 Å². The lowest BCUT2D eigenvalue weighted by molar-refractivity contribution is 0.356. The van der Waals surface area contributed by atoms with Gasteiger partial charge in [0, 0.05) is 16.5 Å². The average molecular weight is 218 g/mol. The fourth-order valence-corrected chi connectivity index (χ4v) is 1.65. The largest absolute Gasteiger partial charge is 0.493 e. The molecule has 2 aromatic rings. The number of hydrogen-bond acceptors (Lipinski definition) is 4. The van der Waals surface area contributed by atoms with Crippen LogP contribution in [0.2, 0.25) is 0 Å². The summed E-state index contributed by atoms with van der Waals surface area (Å²) in [6.07, 6.45) is 0. The monoisotopic (exact) mass is 218 g/mol. The second kappa shape index (κ2) is 3.89.